The van der Waals surface area contributed by atoms with Crippen LogP contribution in [-0.2, 0) is 9.59 Å². The van der Waals surface area contributed by atoms with E-state index in [0.29, 0.717) is 13.0 Å². The van der Waals surface area contributed by atoms with Crippen LogP contribution in [0.15, 0.2) is 30.3 Å². The number of hydrogen-bond donors (Lipinski definition) is 3. The minimum Gasteiger partial charge on any atom is -0.481 e. The second-order valence-electron chi connectivity index (χ2n) is 4.51. The summed E-state index contributed by atoms with van der Waals surface area (Å²) in [5.74, 6) is -1.36. The van der Waals surface area contributed by atoms with Gasteiger partial charge in [0.25, 0.3) is 0 Å². The Balaban J connectivity index is 2.42. The van der Waals surface area contributed by atoms with Gasteiger partial charge >= 0.3 is 5.97 Å². The molecule has 0 bridgehead atoms. The maximum absolute atomic E-state index is 11.9. The van der Waals surface area contributed by atoms with Crippen molar-refractivity contribution in [1.82, 2.24) is 5.32 Å². The van der Waals surface area contributed by atoms with E-state index in [1.54, 1.807) is 6.92 Å². The lowest BCUT2D eigenvalue weighted by atomic mass is 9.94. The van der Waals surface area contributed by atoms with E-state index in [4.69, 9.17) is 10.8 Å². The first-order valence-electron chi connectivity index (χ1n) is 6.32. The molecule has 0 aromatic heterocycles. The van der Waals surface area contributed by atoms with Gasteiger partial charge in [0, 0.05) is 19.0 Å². The third kappa shape index (κ3) is 5.09. The molecular formula is C14H20N2O3. The van der Waals surface area contributed by atoms with Crippen LogP contribution in [0.3, 0.4) is 0 Å². The van der Waals surface area contributed by atoms with Gasteiger partial charge in [-0.25, -0.2) is 0 Å². The zero-order valence-electron chi connectivity index (χ0n) is 11.0. The van der Waals surface area contributed by atoms with E-state index in [1.807, 2.05) is 30.3 Å². The summed E-state index contributed by atoms with van der Waals surface area (Å²) in [5.41, 5.74) is 6.95. The Hall–Kier alpha value is -1.88. The molecule has 0 fully saturated rings. The van der Waals surface area contributed by atoms with Crippen LogP contribution >= 0.6 is 0 Å². The highest BCUT2D eigenvalue weighted by Gasteiger charge is 2.21. The number of nitrogens with one attached hydrogen (secondary N) is 1. The predicted molar refractivity (Wildman–Crippen MR) is 72.4 cm³/mol. The van der Waals surface area contributed by atoms with E-state index in [1.165, 1.54) is 0 Å². The standard InChI is InChI=1S/C14H20N2O3/c1-10(13(15)11-6-3-2-4-7-11)14(19)16-9-5-8-12(17)18/h2-4,6-7,10,13H,5,8-9,15H2,1H3,(H,16,19)(H,17,18). The molecule has 104 valence electrons. The Labute approximate surface area is 112 Å². The van der Waals surface area contributed by atoms with Gasteiger partial charge in [0.1, 0.15) is 0 Å². The number of aliphatic carboxylic acids is 1. The van der Waals surface area contributed by atoms with Gasteiger partial charge in [-0.15, -0.1) is 0 Å². The van der Waals surface area contributed by atoms with Crippen LogP contribution in [-0.4, -0.2) is 23.5 Å². The van der Waals surface area contributed by atoms with Gasteiger partial charge in [0.05, 0.1) is 5.92 Å². The molecule has 5 nitrogen and oxygen atoms in total. The van der Waals surface area contributed by atoms with Crippen molar-refractivity contribution in [3.8, 4) is 0 Å². The number of hydrogen-bond acceptors (Lipinski definition) is 3. The molecular weight excluding hydrogens is 244 g/mol. The smallest absolute Gasteiger partial charge is 0.303 e. The Kier molecular flexibility index (Phi) is 6.02. The van der Waals surface area contributed by atoms with Gasteiger partial charge in [-0.05, 0) is 12.0 Å². The van der Waals surface area contributed by atoms with Crippen LogP contribution in [0.1, 0.15) is 31.4 Å². The fourth-order valence-electron chi connectivity index (χ4n) is 1.74. The minimum absolute atomic E-state index is 0.0550. The molecule has 4 N–H and O–H groups in total. The number of benzene rings is 1. The summed E-state index contributed by atoms with van der Waals surface area (Å²) in [5, 5.41) is 11.2. The van der Waals surface area contributed by atoms with Crippen LogP contribution in [0, 0.1) is 5.92 Å². The second kappa shape index (κ2) is 7.53. The highest BCUT2D eigenvalue weighted by atomic mass is 16.4. The van der Waals surface area contributed by atoms with E-state index >= 15 is 0 Å². The number of nitrogens with two attached hydrogens (primary N) is 1. The second-order valence-corrected chi connectivity index (χ2v) is 4.51. The van der Waals surface area contributed by atoms with Crippen molar-refractivity contribution in [2.45, 2.75) is 25.8 Å². The van der Waals surface area contributed by atoms with Crippen LogP contribution in [0.2, 0.25) is 0 Å². The zero-order chi connectivity index (χ0) is 14.3. The van der Waals surface area contributed by atoms with Crippen LogP contribution in [0.5, 0.6) is 0 Å². The third-order valence-electron chi connectivity index (χ3n) is 3.00. The van der Waals surface area contributed by atoms with Crippen molar-refractivity contribution in [1.29, 1.82) is 0 Å². The van der Waals surface area contributed by atoms with Gasteiger partial charge in [-0.3, -0.25) is 9.59 Å². The molecule has 0 heterocycles. The summed E-state index contributed by atoms with van der Waals surface area (Å²) in [6, 6.07) is 9.07. The first kappa shape index (κ1) is 15.2. The van der Waals surface area contributed by atoms with E-state index in [9.17, 15) is 9.59 Å². The maximum atomic E-state index is 11.9. The molecule has 1 aromatic carbocycles. The molecule has 1 rings (SSSR count). The fraction of sp³-hybridized carbons (Fsp3) is 0.429. The predicted octanol–water partition coefficient (Wildman–Crippen LogP) is 1.30. The van der Waals surface area contributed by atoms with Crippen molar-refractivity contribution in [3.05, 3.63) is 35.9 Å². The monoisotopic (exact) mass is 264 g/mol. The van der Waals surface area contributed by atoms with Gasteiger partial charge < -0.3 is 16.2 Å². The Morgan fingerprint density at radius 3 is 2.53 bits per heavy atom. The van der Waals surface area contributed by atoms with Gasteiger partial charge in [0.15, 0.2) is 0 Å². The van der Waals surface area contributed by atoms with E-state index < -0.39 is 5.97 Å². The average molecular weight is 264 g/mol. The fourth-order valence-corrected chi connectivity index (χ4v) is 1.74. The van der Waals surface area contributed by atoms with Crippen LogP contribution < -0.4 is 11.1 Å². The van der Waals surface area contributed by atoms with Crippen molar-refractivity contribution < 1.29 is 14.7 Å². The molecule has 2 unspecified atom stereocenters. The number of carboxylic acid groups (broad SMARTS) is 1. The molecule has 0 aliphatic carbocycles. The molecule has 1 aromatic rings. The number of carbonyl (C=O) groups is 2. The van der Waals surface area contributed by atoms with Crippen molar-refractivity contribution in [2.75, 3.05) is 6.54 Å². The maximum Gasteiger partial charge on any atom is 0.303 e. The molecule has 0 spiro atoms. The molecule has 0 aliphatic rings. The van der Waals surface area contributed by atoms with Crippen LogP contribution in [0.25, 0.3) is 0 Å². The molecule has 0 saturated carbocycles. The molecule has 2 atom stereocenters. The summed E-state index contributed by atoms with van der Waals surface area (Å²) >= 11 is 0. The molecule has 1 amide bonds. The SMILES string of the molecule is CC(C(=O)NCCCC(=O)O)C(N)c1ccccc1. The highest BCUT2D eigenvalue weighted by molar-refractivity contribution is 5.79. The molecule has 0 aliphatic heterocycles. The summed E-state index contributed by atoms with van der Waals surface area (Å²) in [4.78, 5) is 22.2. The summed E-state index contributed by atoms with van der Waals surface area (Å²) in [6.45, 7) is 2.13. The Morgan fingerprint density at radius 2 is 1.95 bits per heavy atom. The summed E-state index contributed by atoms with van der Waals surface area (Å²) < 4.78 is 0. The molecule has 19 heavy (non-hydrogen) atoms. The van der Waals surface area contributed by atoms with E-state index in [2.05, 4.69) is 5.32 Å². The largest absolute Gasteiger partial charge is 0.481 e. The van der Waals surface area contributed by atoms with Crippen molar-refractivity contribution >= 4 is 11.9 Å². The number of carbonyl (C=O) groups excluding carboxylic acids is 1. The van der Waals surface area contributed by atoms with E-state index in [-0.39, 0.29) is 24.3 Å². The average Bonchev–Trinajstić information content (AvgIpc) is 2.42. The normalized spacial score (nSPS) is 13.6. The van der Waals surface area contributed by atoms with Gasteiger partial charge in [0.2, 0.25) is 5.91 Å². The quantitative estimate of drug-likeness (QED) is 0.647. The molecule has 5 heteroatoms. The lowest BCUT2D eigenvalue weighted by Crippen LogP contribution is -2.36. The highest BCUT2D eigenvalue weighted by Crippen LogP contribution is 2.18. The lowest BCUT2D eigenvalue weighted by Gasteiger charge is -2.19. The topological polar surface area (TPSA) is 92.4 Å². The van der Waals surface area contributed by atoms with Crippen molar-refractivity contribution in [2.24, 2.45) is 11.7 Å². The third-order valence-corrected chi connectivity index (χ3v) is 3.00. The summed E-state index contributed by atoms with van der Waals surface area (Å²) in [6.07, 6.45) is 0.480. The summed E-state index contributed by atoms with van der Waals surface area (Å²) in [7, 11) is 0. The molecule has 0 saturated heterocycles. The number of carboxylic acids is 1. The zero-order valence-corrected chi connectivity index (χ0v) is 11.0. The Morgan fingerprint density at radius 1 is 1.32 bits per heavy atom. The Bertz CT molecular complexity index is 420. The van der Waals surface area contributed by atoms with Crippen molar-refractivity contribution in [3.63, 3.8) is 0 Å². The first-order chi connectivity index (χ1) is 9.02. The minimum atomic E-state index is -0.858. The van der Waals surface area contributed by atoms with Crippen LogP contribution in [0.4, 0.5) is 0 Å². The lowest BCUT2D eigenvalue weighted by molar-refractivity contribution is -0.137. The number of amides is 1. The van der Waals surface area contributed by atoms with E-state index in [0.717, 1.165) is 5.56 Å². The van der Waals surface area contributed by atoms with Gasteiger partial charge in [-0.2, -0.15) is 0 Å². The molecule has 0 radical (unpaired) electrons. The van der Waals surface area contributed by atoms with Gasteiger partial charge in [-0.1, -0.05) is 37.3 Å². The first-order valence-corrected chi connectivity index (χ1v) is 6.32. The number of rotatable bonds is 7.